The van der Waals surface area contributed by atoms with Crippen molar-refractivity contribution in [3.63, 3.8) is 0 Å². The summed E-state index contributed by atoms with van der Waals surface area (Å²) < 4.78 is 1.79. The lowest BCUT2D eigenvalue weighted by Gasteiger charge is -2.18. The Morgan fingerprint density at radius 1 is 1.07 bits per heavy atom. The van der Waals surface area contributed by atoms with E-state index in [4.69, 9.17) is 0 Å². The van der Waals surface area contributed by atoms with Crippen LogP contribution in [0.5, 0.6) is 0 Å². The lowest BCUT2D eigenvalue weighted by molar-refractivity contribution is 0.0943. The quantitative estimate of drug-likeness (QED) is 0.515. The molecule has 2 aromatic carbocycles. The number of nitrogens with zero attached hydrogens (tertiary/aromatic N) is 2. The Kier molecular flexibility index (Phi) is 5.35. The standard InChI is InChI=1S/C23H21N3OS/c1-17-9-11-19(12-10-17)22(21-8-5-13-28-21)25-23(27)20-14-24-26(16-20)15-18-6-3-2-4-7-18/h2-14,16,22H,15H2,1H3,(H,25,27). The average Bonchev–Trinajstić information content (AvgIpc) is 3.40. The van der Waals surface area contributed by atoms with E-state index in [2.05, 4.69) is 41.6 Å². The summed E-state index contributed by atoms with van der Waals surface area (Å²) in [6, 6.07) is 22.2. The molecule has 4 rings (SSSR count). The third-order valence-electron chi connectivity index (χ3n) is 4.60. The van der Waals surface area contributed by atoms with E-state index < -0.39 is 0 Å². The summed E-state index contributed by atoms with van der Waals surface area (Å²) in [6.45, 7) is 2.70. The van der Waals surface area contributed by atoms with Gasteiger partial charge in [-0.1, -0.05) is 66.2 Å². The molecule has 0 saturated heterocycles. The van der Waals surface area contributed by atoms with E-state index in [1.54, 1.807) is 28.4 Å². The van der Waals surface area contributed by atoms with Gasteiger partial charge in [0.05, 0.1) is 24.3 Å². The zero-order chi connectivity index (χ0) is 19.3. The SMILES string of the molecule is Cc1ccc(C(NC(=O)c2cnn(Cc3ccccc3)c2)c2cccs2)cc1. The lowest BCUT2D eigenvalue weighted by Crippen LogP contribution is -2.28. The van der Waals surface area contributed by atoms with Crippen LogP contribution in [0.3, 0.4) is 0 Å². The van der Waals surface area contributed by atoms with Gasteiger partial charge in [-0.15, -0.1) is 11.3 Å². The van der Waals surface area contributed by atoms with E-state index in [1.807, 2.05) is 47.8 Å². The van der Waals surface area contributed by atoms with E-state index in [0.717, 1.165) is 16.0 Å². The van der Waals surface area contributed by atoms with Gasteiger partial charge in [0.2, 0.25) is 0 Å². The van der Waals surface area contributed by atoms with Crippen LogP contribution in [0.15, 0.2) is 84.5 Å². The number of hydrogen-bond donors (Lipinski definition) is 1. The number of hydrogen-bond acceptors (Lipinski definition) is 3. The topological polar surface area (TPSA) is 46.9 Å². The second-order valence-corrected chi connectivity index (χ2v) is 7.72. The van der Waals surface area contributed by atoms with Crippen LogP contribution in [0.4, 0.5) is 0 Å². The summed E-state index contributed by atoms with van der Waals surface area (Å²) in [5.41, 5.74) is 3.97. The van der Waals surface area contributed by atoms with E-state index in [-0.39, 0.29) is 11.9 Å². The highest BCUT2D eigenvalue weighted by atomic mass is 32.1. The molecule has 0 aliphatic rings. The van der Waals surface area contributed by atoms with Gasteiger partial charge in [0.25, 0.3) is 5.91 Å². The van der Waals surface area contributed by atoms with Crippen LogP contribution in [0.2, 0.25) is 0 Å². The Morgan fingerprint density at radius 3 is 2.57 bits per heavy atom. The average molecular weight is 388 g/mol. The molecule has 0 aliphatic carbocycles. The van der Waals surface area contributed by atoms with Crippen molar-refractivity contribution in [1.82, 2.24) is 15.1 Å². The number of aryl methyl sites for hydroxylation is 1. The molecule has 28 heavy (non-hydrogen) atoms. The summed E-state index contributed by atoms with van der Waals surface area (Å²) in [5, 5.41) is 9.54. The molecule has 0 fully saturated rings. The summed E-state index contributed by atoms with van der Waals surface area (Å²) >= 11 is 1.64. The smallest absolute Gasteiger partial charge is 0.255 e. The first-order chi connectivity index (χ1) is 13.7. The van der Waals surface area contributed by atoms with Crippen molar-refractivity contribution in [2.24, 2.45) is 0 Å². The molecule has 0 spiro atoms. The molecule has 2 aromatic heterocycles. The van der Waals surface area contributed by atoms with Crippen molar-refractivity contribution >= 4 is 17.2 Å². The van der Waals surface area contributed by atoms with Crippen LogP contribution >= 0.6 is 11.3 Å². The molecule has 4 nitrogen and oxygen atoms in total. The maximum atomic E-state index is 12.9. The fourth-order valence-corrected chi connectivity index (χ4v) is 3.89. The number of amides is 1. The zero-order valence-corrected chi connectivity index (χ0v) is 16.4. The zero-order valence-electron chi connectivity index (χ0n) is 15.6. The second kappa shape index (κ2) is 8.23. The Bertz CT molecular complexity index is 1040. The minimum absolute atomic E-state index is 0.127. The molecule has 1 amide bonds. The predicted octanol–water partition coefficient (Wildman–Crippen LogP) is 4.82. The maximum Gasteiger partial charge on any atom is 0.255 e. The van der Waals surface area contributed by atoms with Gasteiger partial charge in [0, 0.05) is 11.1 Å². The van der Waals surface area contributed by atoms with Crippen molar-refractivity contribution in [3.8, 4) is 0 Å². The molecule has 0 saturated carbocycles. The number of rotatable bonds is 6. The highest BCUT2D eigenvalue weighted by molar-refractivity contribution is 7.10. The Hall–Kier alpha value is -3.18. The van der Waals surface area contributed by atoms with Crippen molar-refractivity contribution in [1.29, 1.82) is 0 Å². The second-order valence-electron chi connectivity index (χ2n) is 6.74. The summed E-state index contributed by atoms with van der Waals surface area (Å²) in [6.07, 6.45) is 3.42. The van der Waals surface area contributed by atoms with Gasteiger partial charge in [-0.3, -0.25) is 9.48 Å². The van der Waals surface area contributed by atoms with Crippen LogP contribution in [0, 0.1) is 6.92 Å². The first-order valence-corrected chi connectivity index (χ1v) is 10.0. The summed E-state index contributed by atoms with van der Waals surface area (Å²) in [5.74, 6) is -0.127. The Balaban J connectivity index is 1.52. The van der Waals surface area contributed by atoms with E-state index >= 15 is 0 Å². The first-order valence-electron chi connectivity index (χ1n) is 9.16. The number of aromatic nitrogens is 2. The molecule has 1 atom stereocenters. The van der Waals surface area contributed by atoms with Crippen LogP contribution in [-0.4, -0.2) is 15.7 Å². The molecule has 1 N–H and O–H groups in total. The monoisotopic (exact) mass is 387 g/mol. The molecule has 5 heteroatoms. The molecule has 0 bridgehead atoms. The maximum absolute atomic E-state index is 12.9. The summed E-state index contributed by atoms with van der Waals surface area (Å²) in [4.78, 5) is 14.0. The van der Waals surface area contributed by atoms with Crippen LogP contribution in [0.1, 0.15) is 38.0 Å². The Labute approximate surface area is 168 Å². The number of nitrogens with one attached hydrogen (secondary N) is 1. The van der Waals surface area contributed by atoms with Crippen molar-refractivity contribution in [2.45, 2.75) is 19.5 Å². The van der Waals surface area contributed by atoms with Gasteiger partial charge in [-0.05, 0) is 29.5 Å². The minimum Gasteiger partial charge on any atom is -0.340 e. The molecule has 140 valence electrons. The molecular weight excluding hydrogens is 366 g/mol. The van der Waals surface area contributed by atoms with E-state index in [1.165, 1.54) is 5.56 Å². The van der Waals surface area contributed by atoms with Gasteiger partial charge in [0.15, 0.2) is 0 Å². The van der Waals surface area contributed by atoms with Gasteiger partial charge >= 0.3 is 0 Å². The molecule has 4 aromatic rings. The summed E-state index contributed by atoms with van der Waals surface area (Å²) in [7, 11) is 0. The molecule has 1 unspecified atom stereocenters. The normalized spacial score (nSPS) is 11.9. The van der Waals surface area contributed by atoms with Crippen molar-refractivity contribution < 1.29 is 4.79 Å². The Morgan fingerprint density at radius 2 is 1.86 bits per heavy atom. The van der Waals surface area contributed by atoms with E-state index in [9.17, 15) is 4.79 Å². The number of carbonyl (C=O) groups is 1. The van der Waals surface area contributed by atoms with Crippen molar-refractivity contribution in [3.05, 3.63) is 112 Å². The fraction of sp³-hybridized carbons (Fsp3) is 0.130. The number of benzene rings is 2. The van der Waals surface area contributed by atoms with Crippen LogP contribution in [-0.2, 0) is 6.54 Å². The van der Waals surface area contributed by atoms with Crippen LogP contribution in [0.25, 0.3) is 0 Å². The predicted molar refractivity (Wildman–Crippen MR) is 113 cm³/mol. The van der Waals surface area contributed by atoms with Crippen molar-refractivity contribution in [2.75, 3.05) is 0 Å². The van der Waals surface area contributed by atoms with E-state index in [0.29, 0.717) is 12.1 Å². The molecule has 0 radical (unpaired) electrons. The molecule has 0 aliphatic heterocycles. The molecular formula is C23H21N3OS. The highest BCUT2D eigenvalue weighted by Gasteiger charge is 2.19. The van der Waals surface area contributed by atoms with Crippen LogP contribution < -0.4 is 5.32 Å². The van der Waals surface area contributed by atoms with Gasteiger partial charge in [-0.25, -0.2) is 0 Å². The minimum atomic E-state index is -0.175. The number of carbonyl (C=O) groups excluding carboxylic acids is 1. The largest absolute Gasteiger partial charge is 0.340 e. The third-order valence-corrected chi connectivity index (χ3v) is 5.53. The van der Waals surface area contributed by atoms with Gasteiger partial charge in [-0.2, -0.15) is 5.10 Å². The first kappa shape index (κ1) is 18.2. The number of thiophene rings is 1. The van der Waals surface area contributed by atoms with Gasteiger partial charge in [0.1, 0.15) is 0 Å². The lowest BCUT2D eigenvalue weighted by atomic mass is 10.0. The third kappa shape index (κ3) is 4.21. The van der Waals surface area contributed by atoms with Gasteiger partial charge < -0.3 is 5.32 Å². The molecule has 2 heterocycles. The highest BCUT2D eigenvalue weighted by Crippen LogP contribution is 2.26. The fourth-order valence-electron chi connectivity index (χ4n) is 3.09.